The molecule has 0 radical (unpaired) electrons. The molecule has 4 atom stereocenters. The van der Waals surface area contributed by atoms with Gasteiger partial charge in [-0.05, 0) is 0 Å². The van der Waals surface area contributed by atoms with Crippen molar-refractivity contribution in [3.8, 4) is 0 Å². The van der Waals surface area contributed by atoms with Gasteiger partial charge in [0.05, 0.1) is 0 Å². The third kappa shape index (κ3) is 3.35. The Morgan fingerprint density at radius 3 is 1.90 bits per heavy atom. The second kappa shape index (κ2) is 6.33. The molecule has 0 aliphatic heterocycles. The molecular formula is C10H19N3O7. The molecule has 0 aromatic rings. The molecule has 0 amide bonds. The lowest BCUT2D eigenvalue weighted by Crippen LogP contribution is -2.64. The zero-order chi connectivity index (χ0) is 15.6. The minimum Gasteiger partial charge on any atom is -0.455 e. The molecule has 0 aromatic heterocycles. The monoisotopic (exact) mass is 293 g/mol. The molecule has 1 saturated carbocycles. The van der Waals surface area contributed by atoms with Gasteiger partial charge in [-0.3, -0.25) is 10.2 Å². The molecule has 0 saturated heterocycles. The molecule has 0 spiro atoms. The molecule has 1 aliphatic rings. The van der Waals surface area contributed by atoms with Gasteiger partial charge in [-0.25, -0.2) is 0 Å². The number of hydrogen-bond donors (Lipinski definition) is 7. The quantitative estimate of drug-likeness (QED) is 0.153. The van der Waals surface area contributed by atoms with Crippen molar-refractivity contribution in [3.05, 3.63) is 0 Å². The molecule has 0 heterocycles. The van der Waals surface area contributed by atoms with E-state index in [0.29, 0.717) is 0 Å². The van der Waals surface area contributed by atoms with Gasteiger partial charge < -0.3 is 40.9 Å². The lowest BCUT2D eigenvalue weighted by molar-refractivity contribution is -0.233. The van der Waals surface area contributed by atoms with Gasteiger partial charge in [-0.15, -0.1) is 0 Å². The molecule has 116 valence electrons. The third-order valence-electron chi connectivity index (χ3n) is 3.12. The predicted octanol–water partition coefficient (Wildman–Crippen LogP) is -4.46. The number of nitrogens with zero attached hydrogens (tertiary/aromatic N) is 1. The fraction of sp³-hybridized carbons (Fsp3) is 0.800. The Bertz CT molecular complexity index is 364. The number of carbonyl (C=O) groups excluding carboxylic acids is 1. The summed E-state index contributed by atoms with van der Waals surface area (Å²) in [5, 5.41) is 54.6. The number of aliphatic hydroxyl groups excluding tert-OH is 5. The van der Waals surface area contributed by atoms with E-state index in [2.05, 4.69) is 0 Å². The predicted molar refractivity (Wildman–Crippen MR) is 64.5 cm³/mol. The standard InChI is InChI=1S/C10H19N3O7/c1-13(10(11)12)2-3(14)20-9-7(18)5(16)4(15)6(17)8(9)19/h4-9,15-19H,2H2,1H3,(H3,11,12). The number of nitrogens with one attached hydrogen (secondary N) is 1. The normalized spacial score (nSPS) is 37.3. The Balaban J connectivity index is 2.70. The maximum absolute atomic E-state index is 11.5. The summed E-state index contributed by atoms with van der Waals surface area (Å²) in [7, 11) is 1.35. The highest BCUT2D eigenvalue weighted by Gasteiger charge is 2.50. The van der Waals surface area contributed by atoms with Crippen molar-refractivity contribution in [2.45, 2.75) is 36.6 Å². The highest BCUT2D eigenvalue weighted by molar-refractivity contribution is 5.81. The maximum Gasteiger partial charge on any atom is 0.326 e. The van der Waals surface area contributed by atoms with Gasteiger partial charge in [0.15, 0.2) is 12.1 Å². The molecule has 20 heavy (non-hydrogen) atoms. The Labute approximate surface area is 114 Å². The van der Waals surface area contributed by atoms with Gasteiger partial charge in [0, 0.05) is 7.05 Å². The smallest absolute Gasteiger partial charge is 0.326 e. The molecule has 1 aliphatic carbocycles. The molecule has 10 nitrogen and oxygen atoms in total. The number of esters is 1. The summed E-state index contributed by atoms with van der Waals surface area (Å²) in [6.07, 6.45) is -10.4. The van der Waals surface area contributed by atoms with Crippen LogP contribution < -0.4 is 5.73 Å². The Morgan fingerprint density at radius 1 is 1.10 bits per heavy atom. The Hall–Kier alpha value is -1.46. The molecule has 8 N–H and O–H groups in total. The molecule has 0 aromatic carbocycles. The van der Waals surface area contributed by atoms with Gasteiger partial charge in [0.25, 0.3) is 0 Å². The fourth-order valence-corrected chi connectivity index (χ4v) is 1.80. The first-order valence-corrected chi connectivity index (χ1v) is 5.81. The van der Waals surface area contributed by atoms with Gasteiger partial charge >= 0.3 is 5.97 Å². The number of nitrogens with two attached hydrogens (primary N) is 1. The summed E-state index contributed by atoms with van der Waals surface area (Å²) in [6, 6.07) is 0. The second-order valence-electron chi connectivity index (χ2n) is 4.65. The molecule has 0 bridgehead atoms. The van der Waals surface area contributed by atoms with Crippen LogP contribution in [0.15, 0.2) is 0 Å². The highest BCUT2D eigenvalue weighted by atomic mass is 16.6. The van der Waals surface area contributed by atoms with Crippen LogP contribution in [0, 0.1) is 5.41 Å². The SMILES string of the molecule is CN(CC(=O)OC1C(O)C(O)C(O)C(O)C1O)C(=N)N. The van der Waals surface area contributed by atoms with Gasteiger partial charge in [-0.2, -0.15) is 0 Å². The van der Waals surface area contributed by atoms with E-state index in [-0.39, 0.29) is 5.96 Å². The van der Waals surface area contributed by atoms with Crippen molar-refractivity contribution in [1.82, 2.24) is 4.90 Å². The van der Waals surface area contributed by atoms with E-state index >= 15 is 0 Å². The fourth-order valence-electron chi connectivity index (χ4n) is 1.80. The highest BCUT2D eigenvalue weighted by Crippen LogP contribution is 2.24. The Kier molecular flexibility index (Phi) is 5.25. The van der Waals surface area contributed by atoms with Crippen LogP contribution in [0.3, 0.4) is 0 Å². The summed E-state index contributed by atoms with van der Waals surface area (Å²) in [4.78, 5) is 12.6. The summed E-state index contributed by atoms with van der Waals surface area (Å²) in [5.74, 6) is -1.32. The van der Waals surface area contributed by atoms with Crippen LogP contribution in [-0.4, -0.2) is 92.6 Å². The first-order valence-electron chi connectivity index (χ1n) is 5.81. The van der Waals surface area contributed by atoms with E-state index in [4.69, 9.17) is 15.9 Å². The van der Waals surface area contributed by atoms with Crippen molar-refractivity contribution in [1.29, 1.82) is 5.41 Å². The van der Waals surface area contributed by atoms with E-state index in [1.165, 1.54) is 7.05 Å². The number of aliphatic hydroxyl groups is 5. The average molecular weight is 293 g/mol. The van der Waals surface area contributed by atoms with Crippen molar-refractivity contribution < 1.29 is 35.1 Å². The number of carbonyl (C=O) groups is 1. The maximum atomic E-state index is 11.5. The Morgan fingerprint density at radius 2 is 1.50 bits per heavy atom. The van der Waals surface area contributed by atoms with Crippen LogP contribution in [0.2, 0.25) is 0 Å². The number of likely N-dealkylation sites (N-methyl/N-ethyl adjacent to an activating group) is 1. The second-order valence-corrected chi connectivity index (χ2v) is 4.65. The van der Waals surface area contributed by atoms with E-state index in [1.54, 1.807) is 0 Å². The zero-order valence-corrected chi connectivity index (χ0v) is 10.7. The topological polar surface area (TPSA) is 181 Å². The first-order chi connectivity index (χ1) is 9.16. The van der Waals surface area contributed by atoms with Crippen LogP contribution in [0.1, 0.15) is 0 Å². The lowest BCUT2D eigenvalue weighted by atomic mass is 9.85. The summed E-state index contributed by atoms with van der Waals surface area (Å²) in [5.41, 5.74) is 5.12. The molecule has 1 rings (SSSR count). The zero-order valence-electron chi connectivity index (χ0n) is 10.7. The van der Waals surface area contributed by atoms with Gasteiger partial charge in [-0.1, -0.05) is 0 Å². The van der Waals surface area contributed by atoms with E-state index in [0.717, 1.165) is 4.90 Å². The summed E-state index contributed by atoms with van der Waals surface area (Å²) < 4.78 is 4.76. The van der Waals surface area contributed by atoms with Crippen LogP contribution in [0.25, 0.3) is 0 Å². The molecule has 4 unspecified atom stereocenters. The molecular weight excluding hydrogens is 274 g/mol. The number of rotatable bonds is 3. The van der Waals surface area contributed by atoms with Crippen molar-refractivity contribution in [2.75, 3.05) is 13.6 Å². The average Bonchev–Trinajstić information content (AvgIpc) is 2.39. The largest absolute Gasteiger partial charge is 0.455 e. The van der Waals surface area contributed by atoms with Crippen molar-refractivity contribution in [2.24, 2.45) is 5.73 Å². The minimum absolute atomic E-state index is 0.387. The third-order valence-corrected chi connectivity index (χ3v) is 3.12. The van der Waals surface area contributed by atoms with Crippen LogP contribution in [-0.2, 0) is 9.53 Å². The van der Waals surface area contributed by atoms with Crippen molar-refractivity contribution in [3.63, 3.8) is 0 Å². The number of hydrogen-bond acceptors (Lipinski definition) is 8. The van der Waals surface area contributed by atoms with Gasteiger partial charge in [0.2, 0.25) is 0 Å². The van der Waals surface area contributed by atoms with E-state index in [1.807, 2.05) is 0 Å². The number of guanidine groups is 1. The summed E-state index contributed by atoms with van der Waals surface area (Å²) >= 11 is 0. The first kappa shape index (κ1) is 16.6. The lowest BCUT2D eigenvalue weighted by Gasteiger charge is -2.41. The van der Waals surface area contributed by atoms with Crippen LogP contribution in [0.5, 0.6) is 0 Å². The van der Waals surface area contributed by atoms with E-state index in [9.17, 15) is 30.3 Å². The van der Waals surface area contributed by atoms with E-state index < -0.39 is 49.1 Å². The minimum atomic E-state index is -1.77. The van der Waals surface area contributed by atoms with Gasteiger partial charge in [0.1, 0.15) is 37.1 Å². The van der Waals surface area contributed by atoms with Crippen LogP contribution >= 0.6 is 0 Å². The molecule has 1 fully saturated rings. The molecule has 10 heteroatoms. The van der Waals surface area contributed by atoms with Crippen molar-refractivity contribution >= 4 is 11.9 Å². The summed E-state index contributed by atoms with van der Waals surface area (Å²) in [6.45, 7) is -0.417. The number of ether oxygens (including phenoxy) is 1. The van der Waals surface area contributed by atoms with Crippen LogP contribution in [0.4, 0.5) is 0 Å².